The summed E-state index contributed by atoms with van der Waals surface area (Å²) in [6.45, 7) is 1.49. The van der Waals surface area contributed by atoms with E-state index in [1.165, 1.54) is 0 Å². The number of hydrogen-bond donors (Lipinski definition) is 2. The zero-order valence-electron chi connectivity index (χ0n) is 10.1. The van der Waals surface area contributed by atoms with Crippen LogP contribution in [0.4, 0.5) is 0 Å². The van der Waals surface area contributed by atoms with Crippen molar-refractivity contribution in [2.45, 2.75) is 18.9 Å². The minimum Gasteiger partial charge on any atom is -0.339 e. The summed E-state index contributed by atoms with van der Waals surface area (Å²) in [7, 11) is 0. The summed E-state index contributed by atoms with van der Waals surface area (Å²) >= 11 is 0. The number of piperidine rings is 1. The lowest BCUT2D eigenvalue weighted by atomic mass is 10.0. The van der Waals surface area contributed by atoms with Gasteiger partial charge in [0.15, 0.2) is 0 Å². The molecule has 1 aliphatic rings. The van der Waals surface area contributed by atoms with E-state index in [1.807, 2.05) is 23.1 Å². The Bertz CT molecular complexity index is 569. The van der Waals surface area contributed by atoms with Gasteiger partial charge in [0.05, 0.1) is 17.3 Å². The second-order valence-electron chi connectivity index (χ2n) is 4.77. The Morgan fingerprint density at radius 1 is 1.39 bits per heavy atom. The number of benzene rings is 1. The summed E-state index contributed by atoms with van der Waals surface area (Å²) in [5.74, 6) is 0.0777. The highest BCUT2D eigenvalue weighted by Crippen LogP contribution is 2.19. The molecule has 94 valence electrons. The quantitative estimate of drug-likeness (QED) is 0.789. The van der Waals surface area contributed by atoms with Gasteiger partial charge in [-0.05, 0) is 25.0 Å². The number of carbonyl (C=O) groups excluding carboxylic acids is 1. The van der Waals surface area contributed by atoms with Crippen LogP contribution in [-0.4, -0.2) is 40.1 Å². The second-order valence-corrected chi connectivity index (χ2v) is 4.77. The molecule has 3 rings (SSSR count). The third-order valence-electron chi connectivity index (χ3n) is 3.54. The normalized spacial score (nSPS) is 17.3. The van der Waals surface area contributed by atoms with Crippen LogP contribution in [0.15, 0.2) is 24.4 Å². The predicted octanol–water partition coefficient (Wildman–Crippen LogP) is 1.13. The molecule has 5 heteroatoms. The number of nitrogens with zero attached hydrogens (tertiary/aromatic N) is 2. The van der Waals surface area contributed by atoms with Crippen LogP contribution in [0.1, 0.15) is 23.2 Å². The standard InChI is InChI=1S/C13H16N4O/c14-9-4-6-17(7-5-9)13(18)10-2-1-3-12-11(10)8-15-16-12/h1-3,8-9H,4-7,14H2,(H,15,16). The molecule has 1 amide bonds. The number of nitrogens with one attached hydrogen (secondary N) is 1. The maximum Gasteiger partial charge on any atom is 0.254 e. The summed E-state index contributed by atoms with van der Waals surface area (Å²) in [6, 6.07) is 5.89. The van der Waals surface area contributed by atoms with Gasteiger partial charge in [0.25, 0.3) is 5.91 Å². The highest BCUT2D eigenvalue weighted by Gasteiger charge is 2.23. The van der Waals surface area contributed by atoms with Crippen molar-refractivity contribution in [2.75, 3.05) is 13.1 Å². The number of aromatic nitrogens is 2. The molecule has 1 aromatic heterocycles. The fourth-order valence-corrected chi connectivity index (χ4v) is 2.43. The Kier molecular flexibility index (Phi) is 2.76. The van der Waals surface area contributed by atoms with Crippen LogP contribution >= 0.6 is 0 Å². The molecule has 0 radical (unpaired) electrons. The molecule has 3 N–H and O–H groups in total. The van der Waals surface area contributed by atoms with Gasteiger partial charge in [-0.25, -0.2) is 0 Å². The monoisotopic (exact) mass is 244 g/mol. The number of fused-ring (bicyclic) bond motifs is 1. The van der Waals surface area contributed by atoms with Crippen LogP contribution in [0.25, 0.3) is 10.9 Å². The van der Waals surface area contributed by atoms with E-state index in [0.29, 0.717) is 0 Å². The molecule has 0 bridgehead atoms. The Morgan fingerprint density at radius 2 is 2.17 bits per heavy atom. The fourth-order valence-electron chi connectivity index (χ4n) is 2.43. The molecular formula is C13H16N4O. The van der Waals surface area contributed by atoms with Crippen LogP contribution in [-0.2, 0) is 0 Å². The number of carbonyl (C=O) groups is 1. The Labute approximate surface area is 105 Å². The van der Waals surface area contributed by atoms with Crippen LogP contribution in [0.2, 0.25) is 0 Å². The first-order chi connectivity index (χ1) is 8.75. The maximum atomic E-state index is 12.5. The van der Waals surface area contributed by atoms with Gasteiger partial charge >= 0.3 is 0 Å². The molecular weight excluding hydrogens is 228 g/mol. The largest absolute Gasteiger partial charge is 0.339 e. The van der Waals surface area contributed by atoms with Crippen molar-refractivity contribution in [1.29, 1.82) is 0 Å². The Morgan fingerprint density at radius 3 is 2.94 bits per heavy atom. The minimum atomic E-state index is 0.0777. The molecule has 1 saturated heterocycles. The molecule has 0 aliphatic carbocycles. The van der Waals surface area contributed by atoms with E-state index in [9.17, 15) is 4.79 Å². The van der Waals surface area contributed by atoms with Crippen molar-refractivity contribution in [3.8, 4) is 0 Å². The van der Waals surface area contributed by atoms with Crippen LogP contribution < -0.4 is 5.73 Å². The summed E-state index contributed by atoms with van der Waals surface area (Å²) in [6.07, 6.45) is 3.47. The first kappa shape index (κ1) is 11.2. The topological polar surface area (TPSA) is 75.0 Å². The van der Waals surface area contributed by atoms with Gasteiger partial charge in [0.1, 0.15) is 0 Å². The van der Waals surface area contributed by atoms with E-state index < -0.39 is 0 Å². The molecule has 0 spiro atoms. The van der Waals surface area contributed by atoms with E-state index in [4.69, 9.17) is 5.73 Å². The average Bonchev–Trinajstić information content (AvgIpc) is 2.87. The Balaban J connectivity index is 1.90. The molecule has 2 aromatic rings. The highest BCUT2D eigenvalue weighted by atomic mass is 16.2. The molecule has 1 aromatic carbocycles. The van der Waals surface area contributed by atoms with Crippen LogP contribution in [0.3, 0.4) is 0 Å². The van der Waals surface area contributed by atoms with Gasteiger partial charge in [-0.2, -0.15) is 5.10 Å². The van der Waals surface area contributed by atoms with Gasteiger partial charge in [-0.3, -0.25) is 9.89 Å². The number of aromatic amines is 1. The summed E-state index contributed by atoms with van der Waals surface area (Å²) in [5.41, 5.74) is 7.47. The van der Waals surface area contributed by atoms with Gasteiger partial charge in [0.2, 0.25) is 0 Å². The van der Waals surface area contributed by atoms with Crippen LogP contribution in [0.5, 0.6) is 0 Å². The average molecular weight is 244 g/mol. The lowest BCUT2D eigenvalue weighted by Gasteiger charge is -2.30. The molecule has 2 heterocycles. The van der Waals surface area contributed by atoms with Gasteiger partial charge in [-0.1, -0.05) is 6.07 Å². The van der Waals surface area contributed by atoms with Crippen LogP contribution in [0, 0.1) is 0 Å². The lowest BCUT2D eigenvalue weighted by molar-refractivity contribution is 0.0717. The van der Waals surface area contributed by atoms with Gasteiger partial charge < -0.3 is 10.6 Å². The molecule has 18 heavy (non-hydrogen) atoms. The van der Waals surface area contributed by atoms with Crippen molar-refractivity contribution in [3.05, 3.63) is 30.0 Å². The van der Waals surface area contributed by atoms with Gasteiger partial charge in [-0.15, -0.1) is 0 Å². The summed E-state index contributed by atoms with van der Waals surface area (Å²) < 4.78 is 0. The maximum absolute atomic E-state index is 12.5. The number of hydrogen-bond acceptors (Lipinski definition) is 3. The number of rotatable bonds is 1. The fraction of sp³-hybridized carbons (Fsp3) is 0.385. The SMILES string of the molecule is NC1CCN(C(=O)c2cccc3[nH]ncc23)CC1. The Hall–Kier alpha value is -1.88. The molecule has 0 atom stereocenters. The van der Waals surface area contributed by atoms with Crippen molar-refractivity contribution < 1.29 is 4.79 Å². The minimum absolute atomic E-state index is 0.0777. The van der Waals surface area contributed by atoms with Crippen molar-refractivity contribution in [3.63, 3.8) is 0 Å². The molecule has 5 nitrogen and oxygen atoms in total. The molecule has 1 aliphatic heterocycles. The molecule has 0 saturated carbocycles. The first-order valence-electron chi connectivity index (χ1n) is 6.22. The van der Waals surface area contributed by atoms with E-state index in [-0.39, 0.29) is 11.9 Å². The first-order valence-corrected chi connectivity index (χ1v) is 6.22. The summed E-state index contributed by atoms with van der Waals surface area (Å²) in [5, 5.41) is 7.76. The van der Waals surface area contributed by atoms with E-state index in [2.05, 4.69) is 10.2 Å². The summed E-state index contributed by atoms with van der Waals surface area (Å²) in [4.78, 5) is 14.3. The van der Waals surface area contributed by atoms with E-state index in [1.54, 1.807) is 6.20 Å². The number of amides is 1. The second kappa shape index (κ2) is 4.42. The van der Waals surface area contributed by atoms with Crippen molar-refractivity contribution in [1.82, 2.24) is 15.1 Å². The number of nitrogens with two attached hydrogens (primary N) is 1. The lowest BCUT2D eigenvalue weighted by Crippen LogP contribution is -2.42. The van der Waals surface area contributed by atoms with Gasteiger partial charge in [0, 0.05) is 24.5 Å². The number of likely N-dealkylation sites (tertiary alicyclic amines) is 1. The molecule has 0 unspecified atom stereocenters. The van der Waals surface area contributed by atoms with E-state index >= 15 is 0 Å². The number of H-pyrrole nitrogens is 1. The van der Waals surface area contributed by atoms with E-state index in [0.717, 1.165) is 42.4 Å². The zero-order valence-corrected chi connectivity index (χ0v) is 10.1. The third kappa shape index (κ3) is 1.86. The van der Waals surface area contributed by atoms with Crippen molar-refractivity contribution in [2.24, 2.45) is 5.73 Å². The van der Waals surface area contributed by atoms with Crippen molar-refractivity contribution >= 4 is 16.8 Å². The smallest absolute Gasteiger partial charge is 0.254 e. The third-order valence-corrected chi connectivity index (χ3v) is 3.54. The predicted molar refractivity (Wildman–Crippen MR) is 69.2 cm³/mol. The highest BCUT2D eigenvalue weighted by molar-refractivity contribution is 6.06. The molecule has 1 fully saturated rings. The zero-order chi connectivity index (χ0) is 12.5.